The Bertz CT molecular complexity index is 336. The minimum Gasteiger partial charge on any atom is -0.390 e. The third-order valence-corrected chi connectivity index (χ3v) is 3.02. The highest BCUT2D eigenvalue weighted by Crippen LogP contribution is 2.34. The first-order valence-corrected chi connectivity index (χ1v) is 5.95. The molecule has 16 heavy (non-hydrogen) atoms. The summed E-state index contributed by atoms with van der Waals surface area (Å²) in [4.78, 5) is 4.12. The summed E-state index contributed by atoms with van der Waals surface area (Å²) < 4.78 is 1.79. The predicted molar refractivity (Wildman–Crippen MR) is 58.8 cm³/mol. The average Bonchev–Trinajstić information content (AvgIpc) is 3.03. The van der Waals surface area contributed by atoms with Gasteiger partial charge >= 0.3 is 0 Å². The Morgan fingerprint density at radius 3 is 2.88 bits per heavy atom. The molecular weight excluding hydrogens is 206 g/mol. The Hall–Kier alpha value is -0.940. The molecule has 2 atom stereocenters. The maximum absolute atomic E-state index is 9.86. The lowest BCUT2D eigenvalue weighted by atomic mass is 10.1. The second-order valence-electron chi connectivity index (χ2n) is 4.50. The summed E-state index contributed by atoms with van der Waals surface area (Å²) in [6.07, 6.45) is 3.61. The van der Waals surface area contributed by atoms with E-state index in [1.54, 1.807) is 4.68 Å². The molecule has 0 bridgehead atoms. The zero-order valence-electron chi connectivity index (χ0n) is 9.58. The van der Waals surface area contributed by atoms with Crippen molar-refractivity contribution in [3.05, 3.63) is 12.2 Å². The molecule has 0 saturated heterocycles. The van der Waals surface area contributed by atoms with Crippen LogP contribution in [-0.4, -0.2) is 37.2 Å². The second-order valence-corrected chi connectivity index (χ2v) is 4.50. The molecule has 1 aromatic heterocycles. The molecule has 2 unspecified atom stereocenters. The third kappa shape index (κ3) is 2.59. The second kappa shape index (κ2) is 4.93. The third-order valence-electron chi connectivity index (χ3n) is 3.02. The quantitative estimate of drug-likeness (QED) is 0.733. The standard InChI is InChI=1S/C11H19N3O2/c1-2-5-14-10(12-7-13-14)6-9(15)11(16)8-3-4-8/h7-9,11,15-16H,2-6H2,1H3. The SMILES string of the molecule is CCCn1ncnc1CC(O)C(O)C1CC1. The van der Waals surface area contributed by atoms with Gasteiger partial charge in [0, 0.05) is 13.0 Å². The zero-order valence-corrected chi connectivity index (χ0v) is 9.58. The van der Waals surface area contributed by atoms with Gasteiger partial charge in [-0.15, -0.1) is 0 Å². The highest BCUT2D eigenvalue weighted by atomic mass is 16.3. The Morgan fingerprint density at radius 1 is 1.50 bits per heavy atom. The van der Waals surface area contributed by atoms with E-state index in [1.807, 2.05) is 0 Å². The monoisotopic (exact) mass is 225 g/mol. The molecule has 0 aliphatic heterocycles. The molecule has 1 aliphatic rings. The van der Waals surface area contributed by atoms with Crippen molar-refractivity contribution in [1.82, 2.24) is 14.8 Å². The molecule has 2 rings (SSSR count). The number of rotatable bonds is 6. The Kier molecular flexibility index (Phi) is 3.56. The van der Waals surface area contributed by atoms with E-state index in [2.05, 4.69) is 17.0 Å². The van der Waals surface area contributed by atoms with Crippen molar-refractivity contribution in [3.63, 3.8) is 0 Å². The molecule has 2 N–H and O–H groups in total. The zero-order chi connectivity index (χ0) is 11.5. The molecule has 0 spiro atoms. The molecule has 1 saturated carbocycles. The number of aliphatic hydroxyl groups excluding tert-OH is 2. The Morgan fingerprint density at radius 2 is 2.25 bits per heavy atom. The lowest BCUT2D eigenvalue weighted by Gasteiger charge is -2.16. The van der Waals surface area contributed by atoms with Gasteiger partial charge in [0.05, 0.1) is 12.2 Å². The largest absolute Gasteiger partial charge is 0.390 e. The van der Waals surface area contributed by atoms with Crippen LogP contribution in [0.1, 0.15) is 32.0 Å². The van der Waals surface area contributed by atoms with Crippen molar-refractivity contribution in [2.45, 2.75) is 51.4 Å². The van der Waals surface area contributed by atoms with Gasteiger partial charge < -0.3 is 10.2 Å². The van der Waals surface area contributed by atoms with E-state index in [0.29, 0.717) is 6.42 Å². The van der Waals surface area contributed by atoms with Crippen LogP contribution in [0.4, 0.5) is 0 Å². The van der Waals surface area contributed by atoms with Crippen LogP contribution >= 0.6 is 0 Å². The lowest BCUT2D eigenvalue weighted by Crippen LogP contribution is -2.31. The Balaban J connectivity index is 1.93. The topological polar surface area (TPSA) is 71.2 Å². The summed E-state index contributed by atoms with van der Waals surface area (Å²) in [5.74, 6) is 1.05. The van der Waals surface area contributed by atoms with Gasteiger partial charge in [-0.05, 0) is 25.2 Å². The van der Waals surface area contributed by atoms with Gasteiger partial charge in [0.25, 0.3) is 0 Å². The van der Waals surface area contributed by atoms with Crippen LogP contribution in [0.2, 0.25) is 0 Å². The molecule has 0 radical (unpaired) electrons. The maximum atomic E-state index is 9.86. The molecule has 1 aromatic rings. The highest BCUT2D eigenvalue weighted by Gasteiger charge is 2.34. The van der Waals surface area contributed by atoms with Crippen LogP contribution in [0, 0.1) is 5.92 Å². The van der Waals surface area contributed by atoms with Crippen molar-refractivity contribution >= 4 is 0 Å². The number of hydrogen-bond acceptors (Lipinski definition) is 4. The highest BCUT2D eigenvalue weighted by molar-refractivity contribution is 4.93. The normalized spacial score (nSPS) is 19.7. The first kappa shape index (κ1) is 11.5. The van der Waals surface area contributed by atoms with Gasteiger partial charge in [0.2, 0.25) is 0 Å². The molecule has 1 fully saturated rings. The van der Waals surface area contributed by atoms with E-state index in [1.165, 1.54) is 6.33 Å². The molecule has 90 valence electrons. The van der Waals surface area contributed by atoms with Crippen molar-refractivity contribution in [2.24, 2.45) is 5.92 Å². The van der Waals surface area contributed by atoms with Crippen molar-refractivity contribution in [2.75, 3.05) is 0 Å². The molecule has 0 aromatic carbocycles. The van der Waals surface area contributed by atoms with Crippen molar-refractivity contribution in [3.8, 4) is 0 Å². The van der Waals surface area contributed by atoms with Gasteiger partial charge in [0.15, 0.2) is 0 Å². The predicted octanol–water partition coefficient (Wildman–Crippen LogP) is 0.362. The number of hydrogen-bond donors (Lipinski definition) is 2. The fourth-order valence-electron chi connectivity index (χ4n) is 1.90. The van der Waals surface area contributed by atoms with Gasteiger partial charge in [0.1, 0.15) is 12.2 Å². The summed E-state index contributed by atoms with van der Waals surface area (Å²) >= 11 is 0. The van der Waals surface area contributed by atoms with E-state index in [9.17, 15) is 10.2 Å². The fourth-order valence-corrected chi connectivity index (χ4v) is 1.90. The van der Waals surface area contributed by atoms with E-state index in [0.717, 1.165) is 31.6 Å². The summed E-state index contributed by atoms with van der Waals surface area (Å²) in [5.41, 5.74) is 0. The first-order chi connectivity index (χ1) is 7.72. The Labute approximate surface area is 95.1 Å². The molecule has 5 nitrogen and oxygen atoms in total. The van der Waals surface area contributed by atoms with Gasteiger partial charge in [-0.25, -0.2) is 4.98 Å². The van der Waals surface area contributed by atoms with Crippen LogP contribution in [0.5, 0.6) is 0 Å². The summed E-state index contributed by atoms with van der Waals surface area (Å²) in [7, 11) is 0. The lowest BCUT2D eigenvalue weighted by molar-refractivity contribution is 0.00511. The molecule has 1 heterocycles. The molecule has 0 amide bonds. The fraction of sp³-hybridized carbons (Fsp3) is 0.818. The van der Waals surface area contributed by atoms with Gasteiger partial charge in [-0.1, -0.05) is 6.92 Å². The summed E-state index contributed by atoms with van der Waals surface area (Å²) in [6, 6.07) is 0. The van der Waals surface area contributed by atoms with E-state index < -0.39 is 12.2 Å². The minimum absolute atomic E-state index is 0.289. The van der Waals surface area contributed by atoms with Crippen LogP contribution in [0.25, 0.3) is 0 Å². The van der Waals surface area contributed by atoms with Gasteiger partial charge in [-0.3, -0.25) is 4.68 Å². The van der Waals surface area contributed by atoms with Crippen molar-refractivity contribution < 1.29 is 10.2 Å². The van der Waals surface area contributed by atoms with Crippen molar-refractivity contribution in [1.29, 1.82) is 0 Å². The number of aliphatic hydroxyl groups is 2. The number of aryl methyl sites for hydroxylation is 1. The van der Waals surface area contributed by atoms with Crippen LogP contribution in [-0.2, 0) is 13.0 Å². The van der Waals surface area contributed by atoms with E-state index >= 15 is 0 Å². The van der Waals surface area contributed by atoms with Gasteiger partial charge in [-0.2, -0.15) is 5.10 Å². The van der Waals surface area contributed by atoms with E-state index in [4.69, 9.17) is 0 Å². The first-order valence-electron chi connectivity index (χ1n) is 5.95. The smallest absolute Gasteiger partial charge is 0.138 e. The van der Waals surface area contributed by atoms with E-state index in [-0.39, 0.29) is 5.92 Å². The molecular formula is C11H19N3O2. The minimum atomic E-state index is -0.715. The van der Waals surface area contributed by atoms with Crippen LogP contribution in [0.15, 0.2) is 6.33 Å². The molecule has 5 heteroatoms. The maximum Gasteiger partial charge on any atom is 0.138 e. The average molecular weight is 225 g/mol. The summed E-state index contributed by atoms with van der Waals surface area (Å²) in [6.45, 7) is 2.88. The number of nitrogens with zero attached hydrogens (tertiary/aromatic N) is 3. The molecule has 1 aliphatic carbocycles. The van der Waals surface area contributed by atoms with Crippen LogP contribution < -0.4 is 0 Å². The number of aromatic nitrogens is 3. The van der Waals surface area contributed by atoms with Crippen LogP contribution in [0.3, 0.4) is 0 Å². The summed E-state index contributed by atoms with van der Waals surface area (Å²) in [5, 5.41) is 23.7.